The highest BCUT2D eigenvalue weighted by Crippen LogP contribution is 2.38. The smallest absolute Gasteiger partial charge is 0.124 e. The Labute approximate surface area is 188 Å². The Morgan fingerprint density at radius 1 is 1.04 bits per heavy atom. The molecule has 1 N–H and O–H groups in total. The quantitative estimate of drug-likeness (QED) is 0.705. The molecule has 0 saturated carbocycles. The van der Waals surface area contributed by atoms with Crippen molar-refractivity contribution < 1.29 is 9.47 Å². The summed E-state index contributed by atoms with van der Waals surface area (Å²) >= 11 is 12.1. The maximum atomic E-state index is 6.30. The van der Waals surface area contributed by atoms with E-state index in [0.717, 1.165) is 37.5 Å². The molecule has 28 heavy (non-hydrogen) atoms. The van der Waals surface area contributed by atoms with E-state index in [2.05, 4.69) is 22.3 Å². The van der Waals surface area contributed by atoms with Crippen molar-refractivity contribution in [2.24, 2.45) is 0 Å². The number of rotatable bonds is 4. The maximum Gasteiger partial charge on any atom is 0.124 e. The Morgan fingerprint density at radius 2 is 1.79 bits per heavy atom. The van der Waals surface area contributed by atoms with Gasteiger partial charge in [-0.3, -0.25) is 4.90 Å². The minimum Gasteiger partial charge on any atom is -0.490 e. The molecule has 2 heterocycles. The van der Waals surface area contributed by atoms with Crippen LogP contribution < -0.4 is 10.1 Å². The minimum absolute atomic E-state index is 0. The third kappa shape index (κ3) is 5.25. The first-order chi connectivity index (χ1) is 12.7. The van der Waals surface area contributed by atoms with Crippen LogP contribution in [-0.4, -0.2) is 43.8 Å². The number of ether oxygens (including phenoxy) is 2. The topological polar surface area (TPSA) is 33.7 Å². The van der Waals surface area contributed by atoms with Gasteiger partial charge in [-0.05, 0) is 23.8 Å². The molecule has 2 aliphatic heterocycles. The summed E-state index contributed by atoms with van der Waals surface area (Å²) in [4.78, 5) is 2.50. The lowest BCUT2D eigenvalue weighted by atomic mass is 9.95. The second-order valence-corrected chi connectivity index (χ2v) is 7.49. The summed E-state index contributed by atoms with van der Waals surface area (Å²) in [6, 6.07) is 14.1. The maximum absolute atomic E-state index is 6.30. The van der Waals surface area contributed by atoms with E-state index < -0.39 is 0 Å². The van der Waals surface area contributed by atoms with Crippen LogP contribution in [-0.2, 0) is 11.3 Å². The molecule has 1 saturated heterocycles. The van der Waals surface area contributed by atoms with Crippen LogP contribution in [0.5, 0.6) is 5.75 Å². The number of para-hydroxylation sites is 1. The van der Waals surface area contributed by atoms with Crippen molar-refractivity contribution in [3.8, 4) is 5.75 Å². The zero-order valence-corrected chi connectivity index (χ0v) is 18.4. The summed E-state index contributed by atoms with van der Waals surface area (Å²) in [7, 11) is 0. The van der Waals surface area contributed by atoms with Crippen molar-refractivity contribution in [3.05, 3.63) is 63.6 Å². The average molecular weight is 466 g/mol. The molecule has 0 amide bonds. The van der Waals surface area contributed by atoms with Gasteiger partial charge >= 0.3 is 0 Å². The number of piperazine rings is 1. The van der Waals surface area contributed by atoms with Gasteiger partial charge in [0.05, 0.1) is 22.7 Å². The molecule has 0 aliphatic carbocycles. The third-order valence-electron chi connectivity index (χ3n) is 4.99. The number of nitrogens with one attached hydrogen (secondary N) is 1. The van der Waals surface area contributed by atoms with Gasteiger partial charge in [0, 0.05) is 31.7 Å². The lowest BCUT2D eigenvalue weighted by Gasteiger charge is -2.42. The molecule has 2 atom stereocenters. The molecule has 4 nitrogen and oxygen atoms in total. The summed E-state index contributed by atoms with van der Waals surface area (Å²) in [5.74, 6) is 0.963. The van der Waals surface area contributed by atoms with Crippen LogP contribution >= 0.6 is 48.0 Å². The van der Waals surface area contributed by atoms with Crippen LogP contribution in [0.25, 0.3) is 0 Å². The Balaban J connectivity index is 0.00000140. The predicted molar refractivity (Wildman–Crippen MR) is 119 cm³/mol. The molecule has 0 aromatic heterocycles. The Bertz CT molecular complexity index is 772. The predicted octanol–water partition coefficient (Wildman–Crippen LogP) is 4.76. The van der Waals surface area contributed by atoms with Gasteiger partial charge < -0.3 is 14.8 Å². The van der Waals surface area contributed by atoms with Gasteiger partial charge in [0.25, 0.3) is 0 Å². The highest BCUT2D eigenvalue weighted by Gasteiger charge is 2.36. The SMILES string of the molecule is Cl.Cl.Clc1ccc(CO[C@@H]2COc3ccccc3[C@H]2N2CCNCC2)cc1Cl. The van der Waals surface area contributed by atoms with Gasteiger partial charge in [0.15, 0.2) is 0 Å². The van der Waals surface area contributed by atoms with Crippen molar-refractivity contribution in [3.63, 3.8) is 0 Å². The second-order valence-electron chi connectivity index (χ2n) is 6.68. The van der Waals surface area contributed by atoms with Crippen molar-refractivity contribution >= 4 is 48.0 Å². The van der Waals surface area contributed by atoms with E-state index >= 15 is 0 Å². The van der Waals surface area contributed by atoms with Crippen molar-refractivity contribution in [2.75, 3.05) is 32.8 Å². The van der Waals surface area contributed by atoms with E-state index in [-0.39, 0.29) is 37.0 Å². The monoisotopic (exact) mass is 464 g/mol. The van der Waals surface area contributed by atoms with Crippen LogP contribution in [0.2, 0.25) is 10.0 Å². The molecule has 2 aromatic rings. The summed E-state index contributed by atoms with van der Waals surface area (Å²) in [6.07, 6.45) is -0.0301. The normalized spacial score (nSPS) is 21.6. The van der Waals surface area contributed by atoms with Crippen LogP contribution in [0.3, 0.4) is 0 Å². The molecule has 0 spiro atoms. The van der Waals surface area contributed by atoms with Gasteiger partial charge in [-0.25, -0.2) is 0 Å². The van der Waals surface area contributed by atoms with Gasteiger partial charge in [0.2, 0.25) is 0 Å². The van der Waals surface area contributed by atoms with Gasteiger partial charge in [-0.15, -0.1) is 24.8 Å². The Kier molecular flexibility index (Phi) is 9.16. The molecule has 0 radical (unpaired) electrons. The molecule has 154 valence electrons. The highest BCUT2D eigenvalue weighted by atomic mass is 35.5. The van der Waals surface area contributed by atoms with Crippen molar-refractivity contribution in [1.82, 2.24) is 10.2 Å². The number of benzene rings is 2. The Hall–Kier alpha value is -0.720. The second kappa shape index (κ2) is 10.9. The minimum atomic E-state index is -0.0301. The van der Waals surface area contributed by atoms with Crippen LogP contribution in [0.1, 0.15) is 17.2 Å². The molecule has 1 fully saturated rings. The third-order valence-corrected chi connectivity index (χ3v) is 5.73. The number of nitrogens with zero attached hydrogens (tertiary/aromatic N) is 1. The number of halogens is 4. The molecule has 8 heteroatoms. The summed E-state index contributed by atoms with van der Waals surface area (Å²) < 4.78 is 12.3. The molecule has 0 bridgehead atoms. The number of fused-ring (bicyclic) bond motifs is 1. The van der Waals surface area contributed by atoms with Crippen molar-refractivity contribution in [2.45, 2.75) is 18.8 Å². The highest BCUT2D eigenvalue weighted by molar-refractivity contribution is 6.42. The molecule has 0 unspecified atom stereocenters. The fourth-order valence-electron chi connectivity index (χ4n) is 3.68. The van der Waals surface area contributed by atoms with Crippen molar-refractivity contribution in [1.29, 1.82) is 0 Å². The van der Waals surface area contributed by atoms with Gasteiger partial charge in [-0.1, -0.05) is 47.5 Å². The fourth-order valence-corrected chi connectivity index (χ4v) is 4.00. The van der Waals surface area contributed by atoms with Gasteiger partial charge in [-0.2, -0.15) is 0 Å². The molecular formula is C20H24Cl4N2O2. The fraction of sp³-hybridized carbons (Fsp3) is 0.400. The van der Waals surface area contributed by atoms with Gasteiger partial charge in [0.1, 0.15) is 18.5 Å². The van der Waals surface area contributed by atoms with E-state index in [4.69, 9.17) is 32.7 Å². The first kappa shape index (κ1) is 23.6. The van der Waals surface area contributed by atoms with E-state index in [0.29, 0.717) is 23.3 Å². The van der Waals surface area contributed by atoms with E-state index in [1.165, 1.54) is 5.56 Å². The van der Waals surface area contributed by atoms with Crippen LogP contribution in [0.15, 0.2) is 42.5 Å². The van der Waals surface area contributed by atoms with Crippen LogP contribution in [0.4, 0.5) is 0 Å². The number of hydrogen-bond donors (Lipinski definition) is 1. The largest absolute Gasteiger partial charge is 0.490 e. The summed E-state index contributed by atoms with van der Waals surface area (Å²) in [5.41, 5.74) is 2.22. The molecular weight excluding hydrogens is 442 g/mol. The molecule has 2 aromatic carbocycles. The van der Waals surface area contributed by atoms with E-state index in [9.17, 15) is 0 Å². The molecule has 2 aliphatic rings. The summed E-state index contributed by atoms with van der Waals surface area (Å²) in [6.45, 7) is 5.04. The lowest BCUT2D eigenvalue weighted by molar-refractivity contribution is -0.0617. The number of hydrogen-bond acceptors (Lipinski definition) is 4. The van der Waals surface area contributed by atoms with E-state index in [1.807, 2.05) is 30.3 Å². The first-order valence-electron chi connectivity index (χ1n) is 8.94. The zero-order chi connectivity index (χ0) is 17.9. The zero-order valence-electron chi connectivity index (χ0n) is 15.3. The summed E-state index contributed by atoms with van der Waals surface area (Å²) in [5, 5.41) is 4.53. The first-order valence-corrected chi connectivity index (χ1v) is 9.70. The average Bonchev–Trinajstić information content (AvgIpc) is 2.69. The standard InChI is InChI=1S/C20H22Cl2N2O2.2ClH/c21-16-6-5-14(11-17(16)22)12-25-19-13-26-18-4-2-1-3-15(18)20(19)24-9-7-23-8-10-24;;/h1-6,11,19-20,23H,7-10,12-13H2;2*1H/t19-,20-;;/m1../s1. The van der Waals surface area contributed by atoms with E-state index in [1.54, 1.807) is 0 Å². The molecule has 4 rings (SSSR count). The lowest BCUT2D eigenvalue weighted by Crippen LogP contribution is -2.51. The Morgan fingerprint density at radius 3 is 2.54 bits per heavy atom. The van der Waals surface area contributed by atoms with Crippen LogP contribution in [0, 0.1) is 0 Å².